The molecule has 0 bridgehead atoms. The molecule has 0 amide bonds. The average molecular weight is 271 g/mol. The number of nitrogens with one attached hydrogen (secondary N) is 1. The highest BCUT2D eigenvalue weighted by Gasteiger charge is 2.19. The Morgan fingerprint density at radius 3 is 2.58 bits per heavy atom. The van der Waals surface area contributed by atoms with Crippen LogP contribution in [0.15, 0.2) is 47.3 Å². The van der Waals surface area contributed by atoms with Gasteiger partial charge in [-0.1, -0.05) is 30.3 Å². The molecule has 0 saturated heterocycles. The summed E-state index contributed by atoms with van der Waals surface area (Å²) in [5, 5.41) is 10.6. The molecule has 0 saturated carbocycles. The highest BCUT2D eigenvalue weighted by Crippen LogP contribution is 2.36. The molecule has 0 atom stereocenters. The fraction of sp³-hybridized carbons (Fsp3) is 0. The number of aromatic nitrogens is 1. The fourth-order valence-electron chi connectivity index (χ4n) is 1.87. The first kappa shape index (κ1) is 11.7. The van der Waals surface area contributed by atoms with Crippen LogP contribution in [0.3, 0.4) is 0 Å². The number of H-pyrrole nitrogens is 1. The van der Waals surface area contributed by atoms with Gasteiger partial charge in [-0.3, -0.25) is 9.59 Å². The highest BCUT2D eigenvalue weighted by atomic mass is 32.1. The third-order valence-electron chi connectivity index (χ3n) is 2.80. The number of aromatic hydroxyl groups is 1. The Balaban J connectivity index is 2.18. The van der Waals surface area contributed by atoms with Gasteiger partial charge in [-0.25, -0.2) is 0 Å². The van der Waals surface area contributed by atoms with Gasteiger partial charge in [0.2, 0.25) is 11.3 Å². The van der Waals surface area contributed by atoms with E-state index in [2.05, 4.69) is 4.98 Å². The van der Waals surface area contributed by atoms with E-state index in [0.717, 1.165) is 11.3 Å². The fourth-order valence-corrected chi connectivity index (χ4v) is 2.92. The van der Waals surface area contributed by atoms with Crippen molar-refractivity contribution in [1.82, 2.24) is 4.98 Å². The second-order valence-electron chi connectivity index (χ2n) is 4.04. The van der Waals surface area contributed by atoms with Crippen LogP contribution in [0.4, 0.5) is 0 Å². The Hall–Kier alpha value is -2.40. The van der Waals surface area contributed by atoms with Crippen molar-refractivity contribution in [2.75, 3.05) is 0 Å². The van der Waals surface area contributed by atoms with Gasteiger partial charge in [-0.15, -0.1) is 11.3 Å². The van der Waals surface area contributed by atoms with Gasteiger partial charge in [0.25, 0.3) is 0 Å². The smallest absolute Gasteiger partial charge is 0.249 e. The number of thiophene rings is 1. The summed E-state index contributed by atoms with van der Waals surface area (Å²) in [6.45, 7) is 0. The van der Waals surface area contributed by atoms with Crippen molar-refractivity contribution in [3.8, 4) is 5.75 Å². The Morgan fingerprint density at radius 2 is 1.84 bits per heavy atom. The molecule has 0 fully saturated rings. The number of ketones is 1. The Bertz CT molecular complexity index is 818. The molecule has 0 aliphatic carbocycles. The lowest BCUT2D eigenvalue weighted by atomic mass is 10.1. The molecule has 94 valence electrons. The molecule has 0 aliphatic rings. The predicted octanol–water partition coefficient (Wildman–Crippen LogP) is 2.53. The van der Waals surface area contributed by atoms with Crippen molar-refractivity contribution in [1.29, 1.82) is 0 Å². The van der Waals surface area contributed by atoms with Gasteiger partial charge >= 0.3 is 0 Å². The van der Waals surface area contributed by atoms with Gasteiger partial charge < -0.3 is 10.1 Å². The zero-order valence-electron chi connectivity index (χ0n) is 9.71. The first-order valence-corrected chi connectivity index (χ1v) is 6.43. The summed E-state index contributed by atoms with van der Waals surface area (Å²) < 4.78 is 0. The van der Waals surface area contributed by atoms with Crippen molar-refractivity contribution in [2.45, 2.75) is 0 Å². The SMILES string of the molecule is O=C(c1ccccc1)c1sc2[nH]c(=O)ccc2c1O. The second kappa shape index (κ2) is 4.37. The van der Waals surface area contributed by atoms with Crippen molar-refractivity contribution in [3.63, 3.8) is 0 Å². The zero-order chi connectivity index (χ0) is 13.4. The Morgan fingerprint density at radius 1 is 1.11 bits per heavy atom. The number of aromatic amines is 1. The Labute approximate surface area is 112 Å². The summed E-state index contributed by atoms with van der Waals surface area (Å²) in [5.74, 6) is -0.328. The number of hydrogen-bond donors (Lipinski definition) is 2. The molecule has 19 heavy (non-hydrogen) atoms. The first-order chi connectivity index (χ1) is 9.16. The summed E-state index contributed by atoms with van der Waals surface area (Å²) in [5.41, 5.74) is 0.249. The van der Waals surface area contributed by atoms with Crippen molar-refractivity contribution in [3.05, 3.63) is 63.3 Å². The lowest BCUT2D eigenvalue weighted by Gasteiger charge is -1.98. The normalized spacial score (nSPS) is 10.7. The molecule has 0 radical (unpaired) electrons. The zero-order valence-corrected chi connectivity index (χ0v) is 10.5. The van der Waals surface area contributed by atoms with Crippen LogP contribution in [-0.2, 0) is 0 Å². The third kappa shape index (κ3) is 1.94. The number of hydrogen-bond acceptors (Lipinski definition) is 4. The number of rotatable bonds is 2. The van der Waals surface area contributed by atoms with E-state index in [0.29, 0.717) is 15.8 Å². The maximum absolute atomic E-state index is 12.3. The van der Waals surface area contributed by atoms with Crippen molar-refractivity contribution >= 4 is 27.3 Å². The molecular weight excluding hydrogens is 262 g/mol. The monoisotopic (exact) mass is 271 g/mol. The summed E-state index contributed by atoms with van der Waals surface area (Å²) in [4.78, 5) is 26.9. The quantitative estimate of drug-likeness (QED) is 0.704. The molecule has 2 aromatic heterocycles. The van der Waals surface area contributed by atoms with Gasteiger partial charge in [-0.05, 0) is 6.07 Å². The van der Waals surface area contributed by atoms with Gasteiger partial charge in [0, 0.05) is 11.6 Å². The molecule has 2 N–H and O–H groups in total. The van der Waals surface area contributed by atoms with Crippen LogP contribution in [-0.4, -0.2) is 15.9 Å². The molecule has 1 aromatic carbocycles. The summed E-state index contributed by atoms with van der Waals surface area (Å²) in [7, 11) is 0. The summed E-state index contributed by atoms with van der Waals surface area (Å²) >= 11 is 1.09. The van der Waals surface area contributed by atoms with Crippen LogP contribution >= 0.6 is 11.3 Å². The lowest BCUT2D eigenvalue weighted by Crippen LogP contribution is -2.00. The van der Waals surface area contributed by atoms with E-state index < -0.39 is 0 Å². The van der Waals surface area contributed by atoms with E-state index in [1.54, 1.807) is 24.3 Å². The molecule has 0 unspecified atom stereocenters. The van der Waals surface area contributed by atoms with Crippen LogP contribution in [0, 0.1) is 0 Å². The van der Waals surface area contributed by atoms with Crippen LogP contribution < -0.4 is 5.56 Å². The van der Waals surface area contributed by atoms with E-state index in [-0.39, 0.29) is 22.0 Å². The average Bonchev–Trinajstić information content (AvgIpc) is 2.75. The molecule has 4 nitrogen and oxygen atoms in total. The molecule has 5 heteroatoms. The standard InChI is InChI=1S/C14H9NO3S/c16-10-7-6-9-12(18)13(19-14(9)15-10)11(17)8-4-2-1-3-5-8/h1-7,18H,(H,15,16). The largest absolute Gasteiger partial charge is 0.506 e. The maximum Gasteiger partial charge on any atom is 0.249 e. The second-order valence-corrected chi connectivity index (χ2v) is 5.06. The minimum atomic E-state index is -0.257. The number of carbonyl (C=O) groups excluding carboxylic acids is 1. The van der Waals surface area contributed by atoms with Gasteiger partial charge in [0.05, 0.1) is 5.39 Å². The van der Waals surface area contributed by atoms with Crippen LogP contribution in [0.2, 0.25) is 0 Å². The van der Waals surface area contributed by atoms with Crippen LogP contribution in [0.25, 0.3) is 10.2 Å². The third-order valence-corrected chi connectivity index (χ3v) is 3.91. The molecular formula is C14H9NO3S. The van der Waals surface area contributed by atoms with Gasteiger partial charge in [0.15, 0.2) is 0 Å². The van der Waals surface area contributed by atoms with E-state index in [1.165, 1.54) is 12.1 Å². The maximum atomic E-state index is 12.3. The molecule has 2 heterocycles. The summed E-state index contributed by atoms with van der Waals surface area (Å²) in [6, 6.07) is 11.6. The molecule has 0 aliphatic heterocycles. The van der Waals surface area contributed by atoms with Crippen LogP contribution in [0.1, 0.15) is 15.2 Å². The topological polar surface area (TPSA) is 70.2 Å². The van der Waals surface area contributed by atoms with E-state index >= 15 is 0 Å². The summed E-state index contributed by atoms with van der Waals surface area (Å²) in [6.07, 6.45) is 0. The van der Waals surface area contributed by atoms with E-state index in [1.807, 2.05) is 6.07 Å². The molecule has 3 rings (SSSR count). The minimum absolute atomic E-state index is 0.0786. The molecule has 3 aromatic rings. The van der Waals surface area contributed by atoms with E-state index in [4.69, 9.17) is 0 Å². The minimum Gasteiger partial charge on any atom is -0.506 e. The lowest BCUT2D eigenvalue weighted by molar-refractivity contribution is 0.104. The van der Waals surface area contributed by atoms with Crippen molar-refractivity contribution in [2.24, 2.45) is 0 Å². The molecule has 0 spiro atoms. The highest BCUT2D eigenvalue weighted by molar-refractivity contribution is 7.21. The van der Waals surface area contributed by atoms with E-state index in [9.17, 15) is 14.7 Å². The Kier molecular flexibility index (Phi) is 2.68. The number of carbonyl (C=O) groups is 1. The first-order valence-electron chi connectivity index (χ1n) is 5.61. The van der Waals surface area contributed by atoms with Crippen molar-refractivity contribution < 1.29 is 9.90 Å². The number of benzene rings is 1. The van der Waals surface area contributed by atoms with Gasteiger partial charge in [0.1, 0.15) is 15.5 Å². The van der Waals surface area contributed by atoms with Gasteiger partial charge in [-0.2, -0.15) is 0 Å². The predicted molar refractivity (Wildman–Crippen MR) is 74.0 cm³/mol. The van der Waals surface area contributed by atoms with Crippen LogP contribution in [0.5, 0.6) is 5.75 Å². The number of pyridine rings is 1. The number of fused-ring (bicyclic) bond motifs is 1.